The van der Waals surface area contributed by atoms with Crippen molar-refractivity contribution in [3.05, 3.63) is 71.3 Å². The third-order valence-electron chi connectivity index (χ3n) is 6.38. The van der Waals surface area contributed by atoms with Crippen molar-refractivity contribution in [3.8, 4) is 0 Å². The van der Waals surface area contributed by atoms with Crippen molar-refractivity contribution < 1.29 is 13.6 Å². The van der Waals surface area contributed by atoms with E-state index in [0.29, 0.717) is 24.4 Å². The maximum Gasteiger partial charge on any atom is 0.221 e. The van der Waals surface area contributed by atoms with Gasteiger partial charge in [-0.25, -0.2) is 8.78 Å². The lowest BCUT2D eigenvalue weighted by molar-refractivity contribution is -0.123. The molecule has 29 heavy (non-hydrogen) atoms. The quantitative estimate of drug-likeness (QED) is 0.749. The molecule has 0 spiro atoms. The molecule has 2 bridgehead atoms. The van der Waals surface area contributed by atoms with Crippen molar-refractivity contribution in [2.24, 2.45) is 5.92 Å². The van der Waals surface area contributed by atoms with E-state index in [1.807, 2.05) is 0 Å². The van der Waals surface area contributed by atoms with Crippen molar-refractivity contribution in [1.82, 2.24) is 10.2 Å². The Morgan fingerprint density at radius 3 is 1.86 bits per heavy atom. The molecule has 2 saturated heterocycles. The molecule has 6 heteroatoms. The molecule has 2 aromatic carbocycles. The number of nitrogens with zero attached hydrogens (tertiary/aromatic N) is 1. The van der Waals surface area contributed by atoms with E-state index in [1.54, 1.807) is 24.3 Å². The van der Waals surface area contributed by atoms with E-state index in [-0.39, 0.29) is 29.9 Å². The standard InChI is InChI=1S/C23H26F2N2O.ClH/c1-27-20-10-11-21(27)13-15(12-20)14-22(28)26-23(16-2-6-18(24)7-3-16)17-4-8-19(25)9-5-17;/h2-9,15,20-21,23H,10-14H2,1H3,(H,26,28);1H. The average molecular weight is 421 g/mol. The molecule has 2 aliphatic rings. The molecule has 2 atom stereocenters. The van der Waals surface area contributed by atoms with Gasteiger partial charge in [0.1, 0.15) is 11.6 Å². The number of benzene rings is 2. The van der Waals surface area contributed by atoms with Crippen LogP contribution in [0.25, 0.3) is 0 Å². The number of halogens is 3. The summed E-state index contributed by atoms with van der Waals surface area (Å²) in [6.07, 6.45) is 5.09. The number of piperidine rings is 1. The summed E-state index contributed by atoms with van der Waals surface area (Å²) in [5, 5.41) is 3.10. The highest BCUT2D eigenvalue weighted by Crippen LogP contribution is 2.38. The van der Waals surface area contributed by atoms with Gasteiger partial charge in [0.15, 0.2) is 0 Å². The zero-order valence-corrected chi connectivity index (χ0v) is 17.3. The smallest absolute Gasteiger partial charge is 0.221 e. The lowest BCUT2D eigenvalue weighted by Gasteiger charge is -2.36. The Labute approximate surface area is 176 Å². The summed E-state index contributed by atoms with van der Waals surface area (Å²) in [7, 11) is 2.19. The molecule has 2 fully saturated rings. The molecule has 0 radical (unpaired) electrons. The predicted molar refractivity (Wildman–Crippen MR) is 112 cm³/mol. The highest BCUT2D eigenvalue weighted by molar-refractivity contribution is 5.85. The van der Waals surface area contributed by atoms with Crippen molar-refractivity contribution >= 4 is 18.3 Å². The summed E-state index contributed by atoms with van der Waals surface area (Å²) < 4.78 is 26.7. The van der Waals surface area contributed by atoms with Crippen LogP contribution in [0.1, 0.15) is 49.3 Å². The first-order chi connectivity index (χ1) is 13.5. The summed E-state index contributed by atoms with van der Waals surface area (Å²) in [5.41, 5.74) is 1.56. The van der Waals surface area contributed by atoms with Gasteiger partial charge >= 0.3 is 0 Å². The zero-order chi connectivity index (χ0) is 19.7. The second kappa shape index (κ2) is 9.23. The van der Waals surface area contributed by atoms with Gasteiger partial charge in [0.25, 0.3) is 0 Å². The Morgan fingerprint density at radius 2 is 1.41 bits per heavy atom. The van der Waals surface area contributed by atoms with Crippen LogP contribution in [-0.2, 0) is 4.79 Å². The zero-order valence-electron chi connectivity index (χ0n) is 16.5. The molecule has 2 aliphatic heterocycles. The van der Waals surface area contributed by atoms with Gasteiger partial charge in [0.05, 0.1) is 6.04 Å². The number of rotatable bonds is 5. The van der Waals surface area contributed by atoms with E-state index < -0.39 is 6.04 Å². The first kappa shape index (κ1) is 21.7. The Balaban J connectivity index is 0.00000240. The third-order valence-corrected chi connectivity index (χ3v) is 6.38. The molecule has 1 amide bonds. The van der Waals surface area contributed by atoms with Crippen molar-refractivity contribution in [1.29, 1.82) is 0 Å². The topological polar surface area (TPSA) is 32.3 Å². The fourth-order valence-electron chi connectivity index (χ4n) is 4.84. The van der Waals surface area contributed by atoms with Gasteiger partial charge in [-0.1, -0.05) is 24.3 Å². The molecule has 2 aromatic rings. The molecular formula is C23H27ClF2N2O. The predicted octanol–water partition coefficient (Wildman–Crippen LogP) is 4.86. The van der Waals surface area contributed by atoms with Gasteiger partial charge in [-0.05, 0) is 74.0 Å². The number of hydrogen-bond acceptors (Lipinski definition) is 2. The van der Waals surface area contributed by atoms with Crippen LogP contribution in [0.4, 0.5) is 8.78 Å². The summed E-state index contributed by atoms with van der Waals surface area (Å²) in [5.74, 6) is -0.257. The van der Waals surface area contributed by atoms with Gasteiger partial charge in [0.2, 0.25) is 5.91 Å². The number of nitrogens with one attached hydrogen (secondary N) is 1. The van der Waals surface area contributed by atoms with E-state index in [1.165, 1.54) is 37.1 Å². The van der Waals surface area contributed by atoms with E-state index in [9.17, 15) is 13.6 Å². The van der Waals surface area contributed by atoms with Gasteiger partial charge in [-0.15, -0.1) is 12.4 Å². The molecule has 2 heterocycles. The van der Waals surface area contributed by atoms with Gasteiger partial charge in [-0.3, -0.25) is 4.79 Å². The minimum Gasteiger partial charge on any atom is -0.345 e. The largest absolute Gasteiger partial charge is 0.345 e. The van der Waals surface area contributed by atoms with Gasteiger partial charge in [-0.2, -0.15) is 0 Å². The van der Waals surface area contributed by atoms with Crippen molar-refractivity contribution in [3.63, 3.8) is 0 Å². The van der Waals surface area contributed by atoms with Crippen molar-refractivity contribution in [2.45, 2.75) is 50.2 Å². The highest BCUT2D eigenvalue weighted by Gasteiger charge is 2.39. The monoisotopic (exact) mass is 420 g/mol. The van der Waals surface area contributed by atoms with Gasteiger partial charge in [0, 0.05) is 18.5 Å². The molecule has 0 aliphatic carbocycles. The lowest BCUT2D eigenvalue weighted by Crippen LogP contribution is -2.41. The molecule has 0 aromatic heterocycles. The average Bonchev–Trinajstić information content (AvgIpc) is 2.89. The molecule has 0 saturated carbocycles. The van der Waals surface area contributed by atoms with Crippen LogP contribution >= 0.6 is 12.4 Å². The lowest BCUT2D eigenvalue weighted by atomic mass is 9.88. The molecular weight excluding hydrogens is 394 g/mol. The summed E-state index contributed by atoms with van der Waals surface area (Å²) in [6.45, 7) is 0. The van der Waals surface area contributed by atoms with Crippen LogP contribution < -0.4 is 5.32 Å². The summed E-state index contributed by atoms with van der Waals surface area (Å²) >= 11 is 0. The van der Waals surface area contributed by atoms with Crippen molar-refractivity contribution in [2.75, 3.05) is 7.05 Å². The maximum absolute atomic E-state index is 13.3. The van der Waals surface area contributed by atoms with Crippen LogP contribution in [0.5, 0.6) is 0 Å². The minimum absolute atomic E-state index is 0. The molecule has 156 valence electrons. The second-order valence-electron chi connectivity index (χ2n) is 8.20. The number of carbonyl (C=O) groups excluding carboxylic acids is 1. The normalized spacial score (nSPS) is 23.7. The third kappa shape index (κ3) is 4.96. The summed E-state index contributed by atoms with van der Waals surface area (Å²) in [4.78, 5) is 15.3. The fraction of sp³-hybridized carbons (Fsp3) is 0.435. The van der Waals surface area contributed by atoms with Crippen LogP contribution in [0.15, 0.2) is 48.5 Å². The Morgan fingerprint density at radius 1 is 0.966 bits per heavy atom. The van der Waals surface area contributed by atoms with Crippen LogP contribution in [-0.4, -0.2) is 29.9 Å². The second-order valence-corrected chi connectivity index (χ2v) is 8.20. The van der Waals surface area contributed by atoms with Crippen LogP contribution in [0.2, 0.25) is 0 Å². The van der Waals surface area contributed by atoms with Crippen LogP contribution in [0.3, 0.4) is 0 Å². The number of amides is 1. The first-order valence-corrected chi connectivity index (χ1v) is 10.0. The Bertz CT molecular complexity index is 768. The first-order valence-electron chi connectivity index (χ1n) is 10.0. The number of fused-ring (bicyclic) bond motifs is 2. The fourth-order valence-corrected chi connectivity index (χ4v) is 4.84. The summed E-state index contributed by atoms with van der Waals surface area (Å²) in [6, 6.07) is 13.0. The molecule has 3 nitrogen and oxygen atoms in total. The molecule has 1 N–H and O–H groups in total. The van der Waals surface area contributed by atoms with E-state index in [2.05, 4.69) is 17.3 Å². The SMILES string of the molecule is CN1C2CCC1CC(CC(=O)NC(c1ccc(F)cc1)c1ccc(F)cc1)C2.Cl. The highest BCUT2D eigenvalue weighted by atomic mass is 35.5. The Hall–Kier alpha value is -1.98. The van der Waals surface area contributed by atoms with E-state index in [4.69, 9.17) is 0 Å². The van der Waals surface area contributed by atoms with Gasteiger partial charge < -0.3 is 10.2 Å². The Kier molecular flexibility index (Phi) is 6.91. The van der Waals surface area contributed by atoms with E-state index >= 15 is 0 Å². The van der Waals surface area contributed by atoms with E-state index in [0.717, 1.165) is 24.0 Å². The number of carbonyl (C=O) groups is 1. The minimum atomic E-state index is -0.420. The van der Waals surface area contributed by atoms with Crippen LogP contribution in [0, 0.1) is 17.6 Å². The maximum atomic E-state index is 13.3. The molecule has 2 unspecified atom stereocenters. The number of hydrogen-bond donors (Lipinski definition) is 1. The molecule has 4 rings (SSSR count).